The number of likely N-dealkylation sites (N-methyl/N-ethyl adjacent to an activating group) is 1. The standard InChI is InChI=1S/C23H31ClN4O3/c1-16(13-17(2)29)18-5-7-19(8-6-18)31-20-9-10-28(15-20)22-21(24)14-25-23(26-22)27(3)11-12-30-4/h5-8,14,16,20H,9-13,15H2,1-4H3/t16-,20-/m1/s1. The number of nitrogens with zero attached hydrogens (tertiary/aromatic N) is 4. The zero-order valence-electron chi connectivity index (χ0n) is 18.7. The van der Waals surface area contributed by atoms with E-state index in [4.69, 9.17) is 21.1 Å². The summed E-state index contributed by atoms with van der Waals surface area (Å²) in [7, 11) is 3.61. The zero-order chi connectivity index (χ0) is 22.4. The summed E-state index contributed by atoms with van der Waals surface area (Å²) in [6.07, 6.45) is 3.15. The van der Waals surface area contributed by atoms with Gasteiger partial charge in [-0.3, -0.25) is 0 Å². The van der Waals surface area contributed by atoms with E-state index in [1.54, 1.807) is 20.2 Å². The molecule has 8 heteroatoms. The van der Waals surface area contributed by atoms with Crippen LogP contribution in [0.4, 0.5) is 11.8 Å². The molecule has 0 N–H and O–H groups in total. The Hall–Kier alpha value is -2.38. The molecule has 1 aliphatic heterocycles. The van der Waals surface area contributed by atoms with E-state index in [1.807, 2.05) is 36.2 Å². The molecule has 0 amide bonds. The number of carbonyl (C=O) groups excluding carboxylic acids is 1. The highest BCUT2D eigenvalue weighted by atomic mass is 35.5. The molecule has 0 aliphatic carbocycles. The van der Waals surface area contributed by atoms with E-state index >= 15 is 0 Å². The van der Waals surface area contributed by atoms with Crippen molar-refractivity contribution in [1.82, 2.24) is 9.97 Å². The van der Waals surface area contributed by atoms with Gasteiger partial charge in [0, 0.05) is 40.1 Å². The van der Waals surface area contributed by atoms with Crippen LogP contribution in [-0.2, 0) is 9.53 Å². The first-order valence-electron chi connectivity index (χ1n) is 10.6. The molecule has 0 bridgehead atoms. The molecule has 2 heterocycles. The summed E-state index contributed by atoms with van der Waals surface area (Å²) in [5, 5.41) is 0.536. The lowest BCUT2D eigenvalue weighted by Gasteiger charge is -2.22. The highest BCUT2D eigenvalue weighted by Gasteiger charge is 2.27. The molecule has 1 saturated heterocycles. The number of carbonyl (C=O) groups is 1. The minimum absolute atomic E-state index is 0.0567. The molecule has 2 aromatic rings. The SMILES string of the molecule is COCCN(C)c1ncc(Cl)c(N2CC[C@@H](Oc3ccc([C@H](C)CC(C)=O)cc3)C2)n1. The maximum Gasteiger partial charge on any atom is 0.227 e. The molecule has 0 unspecified atom stereocenters. The largest absolute Gasteiger partial charge is 0.489 e. The number of ketones is 1. The topological polar surface area (TPSA) is 67.8 Å². The first-order valence-corrected chi connectivity index (χ1v) is 11.0. The van der Waals surface area contributed by atoms with Gasteiger partial charge in [0.2, 0.25) is 5.95 Å². The van der Waals surface area contributed by atoms with Crippen LogP contribution in [0.15, 0.2) is 30.5 Å². The van der Waals surface area contributed by atoms with Crippen molar-refractivity contribution in [2.45, 2.75) is 38.7 Å². The van der Waals surface area contributed by atoms with E-state index in [0.717, 1.165) is 30.1 Å². The predicted molar refractivity (Wildman–Crippen MR) is 124 cm³/mol. The van der Waals surface area contributed by atoms with Crippen LogP contribution >= 0.6 is 11.6 Å². The van der Waals surface area contributed by atoms with Crippen molar-refractivity contribution in [2.24, 2.45) is 0 Å². The number of benzene rings is 1. The Bertz CT molecular complexity index is 878. The van der Waals surface area contributed by atoms with Gasteiger partial charge in [-0.25, -0.2) is 4.98 Å². The zero-order valence-corrected chi connectivity index (χ0v) is 19.4. The fourth-order valence-corrected chi connectivity index (χ4v) is 3.93. The summed E-state index contributed by atoms with van der Waals surface area (Å²) in [5.41, 5.74) is 1.15. The van der Waals surface area contributed by atoms with Crippen molar-refractivity contribution in [2.75, 3.05) is 50.2 Å². The van der Waals surface area contributed by atoms with Gasteiger partial charge in [0.1, 0.15) is 22.7 Å². The molecule has 0 spiro atoms. The van der Waals surface area contributed by atoms with Crippen molar-refractivity contribution in [3.8, 4) is 5.75 Å². The summed E-state index contributed by atoms with van der Waals surface area (Å²) in [6.45, 7) is 6.52. The monoisotopic (exact) mass is 446 g/mol. The van der Waals surface area contributed by atoms with E-state index in [9.17, 15) is 4.79 Å². The van der Waals surface area contributed by atoms with Gasteiger partial charge in [0.25, 0.3) is 0 Å². The molecule has 1 aliphatic rings. The Morgan fingerprint density at radius 1 is 1.35 bits per heavy atom. The lowest BCUT2D eigenvalue weighted by Crippen LogP contribution is -2.28. The van der Waals surface area contributed by atoms with Crippen LogP contribution in [0.1, 0.15) is 38.2 Å². The van der Waals surface area contributed by atoms with Gasteiger partial charge >= 0.3 is 0 Å². The number of rotatable bonds is 10. The highest BCUT2D eigenvalue weighted by Crippen LogP contribution is 2.29. The number of methoxy groups -OCH3 is 1. The second-order valence-corrected chi connectivity index (χ2v) is 8.51. The van der Waals surface area contributed by atoms with Crippen LogP contribution < -0.4 is 14.5 Å². The predicted octanol–water partition coefficient (Wildman–Crippen LogP) is 3.95. The van der Waals surface area contributed by atoms with E-state index in [2.05, 4.69) is 21.8 Å². The second-order valence-electron chi connectivity index (χ2n) is 8.11. The second kappa shape index (κ2) is 10.8. The van der Waals surface area contributed by atoms with Crippen molar-refractivity contribution < 1.29 is 14.3 Å². The van der Waals surface area contributed by atoms with Crippen molar-refractivity contribution in [1.29, 1.82) is 0 Å². The maximum atomic E-state index is 11.3. The Morgan fingerprint density at radius 2 is 2.10 bits per heavy atom. The Kier molecular flexibility index (Phi) is 8.09. The van der Waals surface area contributed by atoms with Crippen LogP contribution in [0, 0.1) is 0 Å². The van der Waals surface area contributed by atoms with Crippen molar-refractivity contribution in [3.63, 3.8) is 0 Å². The van der Waals surface area contributed by atoms with Crippen molar-refractivity contribution >= 4 is 29.2 Å². The van der Waals surface area contributed by atoms with E-state index < -0.39 is 0 Å². The van der Waals surface area contributed by atoms with Gasteiger partial charge < -0.3 is 24.1 Å². The minimum atomic E-state index is 0.0567. The molecule has 1 aromatic heterocycles. The number of halogens is 1. The summed E-state index contributed by atoms with van der Waals surface area (Å²) < 4.78 is 11.3. The molecule has 2 atom stereocenters. The van der Waals surface area contributed by atoms with E-state index in [-0.39, 0.29) is 17.8 Å². The number of hydrogen-bond donors (Lipinski definition) is 0. The maximum absolute atomic E-state index is 11.3. The van der Waals surface area contributed by atoms with Crippen LogP contribution in [0.25, 0.3) is 0 Å². The molecular formula is C23H31ClN4O3. The summed E-state index contributed by atoms with van der Waals surface area (Å²) in [5.74, 6) is 2.60. The molecule has 31 heavy (non-hydrogen) atoms. The Morgan fingerprint density at radius 3 is 2.77 bits per heavy atom. The quantitative estimate of drug-likeness (QED) is 0.547. The van der Waals surface area contributed by atoms with Crippen LogP contribution in [0.5, 0.6) is 5.75 Å². The van der Waals surface area contributed by atoms with Crippen LogP contribution in [0.3, 0.4) is 0 Å². The molecule has 7 nitrogen and oxygen atoms in total. The molecule has 168 valence electrons. The van der Waals surface area contributed by atoms with Crippen LogP contribution in [-0.4, -0.2) is 62.3 Å². The molecule has 1 aromatic carbocycles. The van der Waals surface area contributed by atoms with Gasteiger partial charge in [0.05, 0.1) is 19.3 Å². The van der Waals surface area contributed by atoms with E-state index in [0.29, 0.717) is 37.1 Å². The van der Waals surface area contributed by atoms with E-state index in [1.165, 1.54) is 0 Å². The summed E-state index contributed by atoms with van der Waals surface area (Å²) >= 11 is 6.40. The first kappa shape index (κ1) is 23.3. The summed E-state index contributed by atoms with van der Waals surface area (Å²) in [6, 6.07) is 8.04. The Labute approximate surface area is 189 Å². The average molecular weight is 447 g/mol. The van der Waals surface area contributed by atoms with Gasteiger partial charge in [-0.15, -0.1) is 0 Å². The highest BCUT2D eigenvalue weighted by molar-refractivity contribution is 6.32. The molecule has 0 saturated carbocycles. The smallest absolute Gasteiger partial charge is 0.227 e. The lowest BCUT2D eigenvalue weighted by atomic mass is 9.96. The molecule has 1 fully saturated rings. The Balaban J connectivity index is 1.61. The first-order chi connectivity index (χ1) is 14.9. The number of Topliss-reactive ketones (excluding diaryl/α,β-unsaturated/α-hetero) is 1. The van der Waals surface area contributed by atoms with Crippen LogP contribution in [0.2, 0.25) is 5.02 Å². The molecule has 0 radical (unpaired) electrons. The number of aromatic nitrogens is 2. The third kappa shape index (κ3) is 6.31. The van der Waals surface area contributed by atoms with Gasteiger partial charge in [0.15, 0.2) is 5.82 Å². The van der Waals surface area contributed by atoms with Gasteiger partial charge in [-0.05, 0) is 30.5 Å². The number of ether oxygens (including phenoxy) is 2. The lowest BCUT2D eigenvalue weighted by molar-refractivity contribution is -0.117. The average Bonchev–Trinajstić information content (AvgIpc) is 3.20. The minimum Gasteiger partial charge on any atom is -0.489 e. The fraction of sp³-hybridized carbons (Fsp3) is 0.522. The normalized spacial score (nSPS) is 16.9. The van der Waals surface area contributed by atoms with Gasteiger partial charge in [-0.1, -0.05) is 30.7 Å². The number of hydrogen-bond acceptors (Lipinski definition) is 7. The number of anilines is 2. The summed E-state index contributed by atoms with van der Waals surface area (Å²) in [4.78, 5) is 24.4. The third-order valence-electron chi connectivity index (χ3n) is 5.48. The van der Waals surface area contributed by atoms with Gasteiger partial charge in [-0.2, -0.15) is 4.98 Å². The van der Waals surface area contributed by atoms with Crippen molar-refractivity contribution in [3.05, 3.63) is 41.0 Å². The molecular weight excluding hydrogens is 416 g/mol. The third-order valence-corrected chi connectivity index (χ3v) is 5.74. The molecule has 3 rings (SSSR count). The fourth-order valence-electron chi connectivity index (χ4n) is 3.72.